The fourth-order valence-electron chi connectivity index (χ4n) is 2.39. The van der Waals surface area contributed by atoms with Crippen LogP contribution < -0.4 is 10.6 Å². The third-order valence-electron chi connectivity index (χ3n) is 3.68. The van der Waals surface area contributed by atoms with Crippen molar-refractivity contribution in [3.63, 3.8) is 0 Å². The van der Waals surface area contributed by atoms with E-state index in [0.29, 0.717) is 6.54 Å². The monoisotopic (exact) mass is 311 g/mol. The highest BCUT2D eigenvalue weighted by Crippen LogP contribution is 2.10. The molecule has 3 rings (SSSR count). The number of hydrogen-bond acceptors (Lipinski definition) is 3. The van der Waals surface area contributed by atoms with Crippen LogP contribution in [-0.4, -0.2) is 39.3 Å². The maximum absolute atomic E-state index is 4.57. The Morgan fingerprint density at radius 2 is 2.13 bits per heavy atom. The van der Waals surface area contributed by atoms with Crippen molar-refractivity contribution in [3.05, 3.63) is 48.0 Å². The van der Waals surface area contributed by atoms with Gasteiger partial charge >= 0.3 is 0 Å². The minimum atomic E-state index is 0.681. The highest BCUT2D eigenvalue weighted by atomic mass is 15.3. The molecule has 0 unspecified atom stereocenters. The Morgan fingerprint density at radius 3 is 2.87 bits per heavy atom. The predicted molar refractivity (Wildman–Crippen MR) is 91.2 cm³/mol. The first-order valence-electron chi connectivity index (χ1n) is 7.61. The molecule has 3 N–H and O–H groups in total. The van der Waals surface area contributed by atoms with Gasteiger partial charge in [0.2, 0.25) is 0 Å². The average Bonchev–Trinajstić information content (AvgIpc) is 3.16. The van der Waals surface area contributed by atoms with E-state index in [0.717, 1.165) is 41.5 Å². The number of benzene rings is 1. The Bertz CT molecular complexity index is 766. The molecule has 2 heterocycles. The van der Waals surface area contributed by atoms with Crippen LogP contribution in [0.15, 0.2) is 41.5 Å². The minimum Gasteiger partial charge on any atom is -0.356 e. The zero-order valence-corrected chi connectivity index (χ0v) is 13.4. The first-order chi connectivity index (χ1) is 11.3. The van der Waals surface area contributed by atoms with Crippen molar-refractivity contribution in [2.75, 3.05) is 13.6 Å². The number of guanidine groups is 1. The maximum atomic E-state index is 4.57. The molecule has 0 aliphatic heterocycles. The van der Waals surface area contributed by atoms with E-state index in [1.807, 2.05) is 42.1 Å². The van der Waals surface area contributed by atoms with Gasteiger partial charge in [0.15, 0.2) is 5.96 Å². The van der Waals surface area contributed by atoms with Gasteiger partial charge in [0.1, 0.15) is 5.82 Å². The summed E-state index contributed by atoms with van der Waals surface area (Å²) in [5.74, 6) is 1.74. The summed E-state index contributed by atoms with van der Waals surface area (Å²) in [6.07, 6.45) is 2.59. The first-order valence-corrected chi connectivity index (χ1v) is 7.61. The van der Waals surface area contributed by atoms with Gasteiger partial charge < -0.3 is 15.6 Å². The van der Waals surface area contributed by atoms with Crippen LogP contribution in [0.5, 0.6) is 0 Å². The van der Waals surface area contributed by atoms with Crippen LogP contribution in [0.3, 0.4) is 0 Å². The number of aromatic amines is 1. The molecule has 0 spiro atoms. The number of para-hydroxylation sites is 2. The van der Waals surface area contributed by atoms with E-state index in [4.69, 9.17) is 0 Å². The van der Waals surface area contributed by atoms with E-state index in [9.17, 15) is 0 Å². The van der Waals surface area contributed by atoms with E-state index < -0.39 is 0 Å². The van der Waals surface area contributed by atoms with Crippen molar-refractivity contribution < 1.29 is 0 Å². The van der Waals surface area contributed by atoms with Crippen LogP contribution in [0.1, 0.15) is 11.5 Å². The molecule has 0 aliphatic carbocycles. The molecule has 120 valence electrons. The Balaban J connectivity index is 1.49. The second-order valence-electron chi connectivity index (χ2n) is 5.25. The SMILES string of the molecule is CN=C(NCCc1nc2ccccc2[nH]1)NCc1ccnn1C. The summed E-state index contributed by atoms with van der Waals surface area (Å²) < 4.78 is 1.84. The molecule has 0 radical (unpaired) electrons. The summed E-state index contributed by atoms with van der Waals surface area (Å²) >= 11 is 0. The lowest BCUT2D eigenvalue weighted by Crippen LogP contribution is -2.38. The smallest absolute Gasteiger partial charge is 0.191 e. The van der Waals surface area contributed by atoms with Gasteiger partial charge in [-0.2, -0.15) is 5.10 Å². The van der Waals surface area contributed by atoms with E-state index in [2.05, 4.69) is 30.7 Å². The number of aromatic nitrogens is 4. The van der Waals surface area contributed by atoms with Crippen molar-refractivity contribution in [1.82, 2.24) is 30.4 Å². The van der Waals surface area contributed by atoms with E-state index >= 15 is 0 Å². The van der Waals surface area contributed by atoms with Crippen LogP contribution in [0.2, 0.25) is 0 Å². The number of nitrogens with zero attached hydrogens (tertiary/aromatic N) is 4. The third kappa shape index (κ3) is 3.68. The predicted octanol–water partition coefficient (Wildman–Crippen LogP) is 1.20. The summed E-state index contributed by atoms with van der Waals surface area (Å²) in [5, 5.41) is 10.7. The first kappa shape index (κ1) is 15.1. The maximum Gasteiger partial charge on any atom is 0.191 e. The molecule has 2 aromatic heterocycles. The normalized spacial score (nSPS) is 11.8. The van der Waals surface area contributed by atoms with E-state index in [-0.39, 0.29) is 0 Å². The molecule has 0 bridgehead atoms. The molecule has 0 fully saturated rings. The lowest BCUT2D eigenvalue weighted by atomic mass is 10.3. The van der Waals surface area contributed by atoms with Crippen LogP contribution in [0.4, 0.5) is 0 Å². The minimum absolute atomic E-state index is 0.681. The molecule has 0 aliphatic rings. The van der Waals surface area contributed by atoms with Crippen molar-refractivity contribution in [1.29, 1.82) is 0 Å². The highest BCUT2D eigenvalue weighted by molar-refractivity contribution is 5.79. The van der Waals surface area contributed by atoms with E-state index in [1.54, 1.807) is 13.2 Å². The summed E-state index contributed by atoms with van der Waals surface area (Å²) in [6, 6.07) is 10.0. The Morgan fingerprint density at radius 1 is 1.26 bits per heavy atom. The molecule has 0 amide bonds. The van der Waals surface area contributed by atoms with Crippen LogP contribution in [0.25, 0.3) is 11.0 Å². The van der Waals surface area contributed by atoms with Gasteiger partial charge in [-0.3, -0.25) is 9.67 Å². The fourth-order valence-corrected chi connectivity index (χ4v) is 2.39. The summed E-state index contributed by atoms with van der Waals surface area (Å²) in [6.45, 7) is 1.44. The van der Waals surface area contributed by atoms with E-state index in [1.165, 1.54) is 0 Å². The summed E-state index contributed by atoms with van der Waals surface area (Å²) in [5.41, 5.74) is 3.17. The topological polar surface area (TPSA) is 82.9 Å². The zero-order chi connectivity index (χ0) is 16.1. The molecule has 7 nitrogen and oxygen atoms in total. The van der Waals surface area contributed by atoms with Crippen LogP contribution in [0, 0.1) is 0 Å². The van der Waals surface area contributed by atoms with Gasteiger partial charge in [-0.05, 0) is 18.2 Å². The number of H-pyrrole nitrogens is 1. The molecule has 1 aromatic carbocycles. The zero-order valence-electron chi connectivity index (χ0n) is 13.4. The Hall–Kier alpha value is -2.83. The van der Waals surface area contributed by atoms with Crippen LogP contribution >= 0.6 is 0 Å². The number of rotatable bonds is 5. The van der Waals surface area contributed by atoms with Crippen LogP contribution in [-0.2, 0) is 20.0 Å². The van der Waals surface area contributed by atoms with Gasteiger partial charge in [0.25, 0.3) is 0 Å². The average molecular weight is 311 g/mol. The van der Waals surface area contributed by atoms with Crippen molar-refractivity contribution in [2.45, 2.75) is 13.0 Å². The van der Waals surface area contributed by atoms with Crippen molar-refractivity contribution in [3.8, 4) is 0 Å². The second kappa shape index (κ2) is 6.95. The molecular weight excluding hydrogens is 290 g/mol. The number of imidazole rings is 1. The summed E-state index contributed by atoms with van der Waals surface area (Å²) in [4.78, 5) is 12.1. The van der Waals surface area contributed by atoms with Gasteiger partial charge in [0, 0.05) is 33.3 Å². The molecule has 7 heteroatoms. The number of hydrogen-bond donors (Lipinski definition) is 3. The van der Waals surface area contributed by atoms with Gasteiger partial charge in [-0.1, -0.05) is 12.1 Å². The summed E-state index contributed by atoms with van der Waals surface area (Å²) in [7, 11) is 3.69. The molecule has 23 heavy (non-hydrogen) atoms. The number of aryl methyl sites for hydroxylation is 1. The lowest BCUT2D eigenvalue weighted by molar-refractivity contribution is 0.683. The van der Waals surface area contributed by atoms with Crippen molar-refractivity contribution in [2.24, 2.45) is 12.0 Å². The lowest BCUT2D eigenvalue weighted by Gasteiger charge is -2.11. The molecule has 0 saturated heterocycles. The molecule has 0 atom stereocenters. The van der Waals surface area contributed by atoms with Gasteiger partial charge in [0.05, 0.1) is 23.3 Å². The highest BCUT2D eigenvalue weighted by Gasteiger charge is 2.04. The number of fused-ring (bicyclic) bond motifs is 1. The van der Waals surface area contributed by atoms with Gasteiger partial charge in [-0.15, -0.1) is 0 Å². The second-order valence-corrected chi connectivity index (χ2v) is 5.25. The molecular formula is C16H21N7. The van der Waals surface area contributed by atoms with Crippen molar-refractivity contribution >= 4 is 17.0 Å². The number of aliphatic imine (C=N–C) groups is 1. The third-order valence-corrected chi connectivity index (χ3v) is 3.68. The number of nitrogens with one attached hydrogen (secondary N) is 3. The Kier molecular flexibility index (Phi) is 4.56. The van der Waals surface area contributed by atoms with Gasteiger partial charge in [-0.25, -0.2) is 4.98 Å². The fraction of sp³-hybridized carbons (Fsp3) is 0.312. The molecule has 0 saturated carbocycles. The quantitative estimate of drug-likeness (QED) is 0.488. The standard InChI is InChI=1S/C16H21N7/c1-17-16(19-11-12-7-10-20-23(12)2)18-9-8-15-21-13-5-3-4-6-14(13)22-15/h3-7,10H,8-9,11H2,1-2H3,(H,21,22)(H2,17,18,19). The largest absolute Gasteiger partial charge is 0.356 e. The molecule has 3 aromatic rings. The Labute approximate surface area is 134 Å².